The van der Waals surface area contributed by atoms with Gasteiger partial charge in [-0.3, -0.25) is 24.0 Å². The van der Waals surface area contributed by atoms with E-state index in [9.17, 15) is 38.7 Å². The minimum atomic E-state index is -1.36. The maximum Gasteiger partial charge on any atom is 0.407 e. The number of thioether (sulfide) groups is 2. The molecule has 5 N–H and O–H groups in total. The zero-order valence-electron chi connectivity index (χ0n) is 30.4. The van der Waals surface area contributed by atoms with Crippen LogP contribution in [0.4, 0.5) is 4.79 Å². The number of hydrogen-bond donors (Lipinski definition) is 5. The van der Waals surface area contributed by atoms with Crippen molar-refractivity contribution in [2.75, 3.05) is 31.2 Å². The topological polar surface area (TPSA) is 200 Å². The highest BCUT2D eigenvalue weighted by atomic mass is 32.2. The molecule has 0 bridgehead atoms. The molecule has 1 aliphatic carbocycles. The Morgan fingerprint density at radius 3 is 2.21 bits per heavy atom. The maximum atomic E-state index is 14.3. The molecule has 2 aliphatic heterocycles. The van der Waals surface area contributed by atoms with E-state index in [1.165, 1.54) is 4.90 Å². The van der Waals surface area contributed by atoms with Gasteiger partial charge in [-0.05, 0) is 47.2 Å². The fourth-order valence-corrected chi connectivity index (χ4v) is 9.43. The van der Waals surface area contributed by atoms with Crippen molar-refractivity contribution in [3.05, 3.63) is 35.9 Å². The van der Waals surface area contributed by atoms with Crippen molar-refractivity contribution in [2.24, 2.45) is 17.3 Å². The molecule has 52 heavy (non-hydrogen) atoms. The van der Waals surface area contributed by atoms with Crippen LogP contribution >= 0.6 is 23.5 Å². The Labute approximate surface area is 313 Å². The lowest BCUT2D eigenvalue weighted by molar-refractivity contribution is -0.144. The number of likely N-dealkylation sites (tertiary alicyclic amines) is 1. The molecule has 5 amide bonds. The molecule has 3 fully saturated rings. The van der Waals surface area contributed by atoms with Gasteiger partial charge < -0.3 is 36.0 Å². The van der Waals surface area contributed by atoms with E-state index in [2.05, 4.69) is 21.3 Å². The number of nitrogens with one attached hydrogen (secondary N) is 4. The van der Waals surface area contributed by atoms with E-state index in [-0.39, 0.29) is 31.4 Å². The number of hydrogen-bond acceptors (Lipinski definition) is 10. The highest BCUT2D eigenvalue weighted by molar-refractivity contribution is 8.18. The summed E-state index contributed by atoms with van der Waals surface area (Å²) in [6.45, 7) is 9.02. The third kappa shape index (κ3) is 11.4. The quantitative estimate of drug-likeness (QED) is 0.165. The van der Waals surface area contributed by atoms with Crippen LogP contribution in [0.5, 0.6) is 0 Å². The third-order valence-corrected chi connectivity index (χ3v) is 12.4. The van der Waals surface area contributed by atoms with E-state index in [1.807, 2.05) is 34.6 Å². The molecular weight excluding hydrogens is 711 g/mol. The van der Waals surface area contributed by atoms with E-state index < -0.39 is 81.7 Å². The predicted octanol–water partition coefficient (Wildman–Crippen LogP) is 2.86. The first-order chi connectivity index (χ1) is 24.5. The van der Waals surface area contributed by atoms with Gasteiger partial charge in [-0.1, -0.05) is 77.8 Å². The number of ether oxygens (including phenoxy) is 1. The van der Waals surface area contributed by atoms with Crippen LogP contribution < -0.4 is 21.3 Å². The van der Waals surface area contributed by atoms with Gasteiger partial charge >= 0.3 is 12.1 Å². The minimum Gasteiger partial charge on any atom is -0.479 e. The van der Waals surface area contributed by atoms with E-state index >= 15 is 0 Å². The summed E-state index contributed by atoms with van der Waals surface area (Å²) in [6.07, 6.45) is 2.45. The van der Waals surface area contributed by atoms with Crippen LogP contribution in [0.3, 0.4) is 0 Å². The summed E-state index contributed by atoms with van der Waals surface area (Å²) in [7, 11) is 0. The molecule has 1 spiro atoms. The molecule has 286 valence electrons. The molecule has 0 aromatic heterocycles. The molecule has 2 saturated heterocycles. The van der Waals surface area contributed by atoms with Crippen molar-refractivity contribution in [3.8, 4) is 0 Å². The molecule has 14 nitrogen and oxygen atoms in total. The summed E-state index contributed by atoms with van der Waals surface area (Å²) in [4.78, 5) is 93.7. The van der Waals surface area contributed by atoms with E-state index in [0.29, 0.717) is 12.0 Å². The van der Waals surface area contributed by atoms with Crippen molar-refractivity contribution in [1.82, 2.24) is 26.2 Å². The first-order valence-electron chi connectivity index (χ1n) is 17.7. The number of carbonyl (C=O) groups is 7. The Morgan fingerprint density at radius 2 is 1.63 bits per heavy atom. The number of alkyl carbamates (subject to hydrolysis) is 1. The van der Waals surface area contributed by atoms with Gasteiger partial charge in [0.15, 0.2) is 6.04 Å². The van der Waals surface area contributed by atoms with Crippen molar-refractivity contribution >= 4 is 65.0 Å². The Bertz CT molecular complexity index is 1490. The normalized spacial score (nSPS) is 20.0. The number of ketones is 1. The Hall–Kier alpha value is -3.79. The van der Waals surface area contributed by atoms with E-state index in [1.54, 1.807) is 53.9 Å². The Kier molecular flexibility index (Phi) is 14.0. The molecule has 2 unspecified atom stereocenters. The van der Waals surface area contributed by atoms with Crippen LogP contribution in [-0.4, -0.2) is 105 Å². The summed E-state index contributed by atoms with van der Waals surface area (Å²) in [5, 5.41) is 19.7. The maximum absolute atomic E-state index is 14.3. The number of carbonyl (C=O) groups excluding carboxylic acids is 6. The minimum absolute atomic E-state index is 0.0934. The Balaban J connectivity index is 1.47. The van der Waals surface area contributed by atoms with E-state index in [4.69, 9.17) is 4.74 Å². The van der Waals surface area contributed by atoms with Crippen molar-refractivity contribution < 1.29 is 43.4 Å². The predicted molar refractivity (Wildman–Crippen MR) is 197 cm³/mol. The van der Waals surface area contributed by atoms with Gasteiger partial charge in [-0.25, -0.2) is 9.59 Å². The standard InChI is InChI=1S/C36H51N5O9S2/c1-21(2)19-50-34(49)40-29(35(3,4)5)32(46)41-20-36(51-14-9-15-52-36)17-25(41)30(44)38-24(16-22-12-13-22)28(43)31(45)37-18-26(42)39-27(33(47)48)23-10-7-6-8-11-23/h6-8,10-11,21-22,24-25,27,29H,9,12-20H2,1-5H3,(H,37,45)(H,38,44)(H,39,42)(H,40,49)(H,47,48)/t24?,25-,27?,29+/m0/s1. The number of amides is 5. The molecule has 1 saturated carbocycles. The van der Waals surface area contributed by atoms with Crippen LogP contribution in [-0.2, 0) is 33.5 Å². The number of aliphatic carboxylic acids is 1. The number of carboxylic acid groups (broad SMARTS) is 1. The number of rotatable bonds is 15. The van der Waals surface area contributed by atoms with E-state index in [0.717, 1.165) is 30.8 Å². The summed E-state index contributed by atoms with van der Waals surface area (Å²) < 4.78 is 4.87. The first-order valence-corrected chi connectivity index (χ1v) is 19.7. The molecular formula is C36H51N5O9S2. The highest BCUT2D eigenvalue weighted by Crippen LogP contribution is 2.50. The largest absolute Gasteiger partial charge is 0.479 e. The zero-order valence-corrected chi connectivity index (χ0v) is 32.0. The van der Waals surface area contributed by atoms with Crippen LogP contribution in [0.25, 0.3) is 0 Å². The van der Waals surface area contributed by atoms with Gasteiger partial charge in [0, 0.05) is 13.0 Å². The molecule has 0 radical (unpaired) electrons. The van der Waals surface area contributed by atoms with Gasteiger partial charge in [0.2, 0.25) is 23.5 Å². The molecule has 1 aromatic rings. The Morgan fingerprint density at radius 1 is 0.981 bits per heavy atom. The summed E-state index contributed by atoms with van der Waals surface area (Å²) in [6, 6.07) is 3.49. The lowest BCUT2D eigenvalue weighted by atomic mass is 9.85. The lowest BCUT2D eigenvalue weighted by Crippen LogP contribution is -2.59. The second-order valence-corrected chi connectivity index (χ2v) is 18.3. The number of carboxylic acids is 1. The monoisotopic (exact) mass is 761 g/mol. The fourth-order valence-electron chi connectivity index (χ4n) is 6.08. The smallest absolute Gasteiger partial charge is 0.407 e. The second kappa shape index (κ2) is 17.8. The zero-order chi connectivity index (χ0) is 38.2. The first kappa shape index (κ1) is 41.0. The number of nitrogens with zero attached hydrogens (tertiary/aromatic N) is 1. The van der Waals surface area contributed by atoms with Crippen LogP contribution in [0.15, 0.2) is 30.3 Å². The van der Waals surface area contributed by atoms with Gasteiger partial charge in [-0.15, -0.1) is 23.5 Å². The SMILES string of the molecule is CC(C)COC(=O)N[C@H](C(=O)N1CC2(C[C@H]1C(=O)NC(CC1CC1)C(=O)C(=O)NCC(=O)NC(C(=O)O)c1ccccc1)SCCCS2)C(C)(C)C. The molecule has 16 heteroatoms. The van der Waals surface area contributed by atoms with Gasteiger partial charge in [0.05, 0.1) is 23.3 Å². The third-order valence-electron chi connectivity index (χ3n) is 9.04. The molecule has 2 heterocycles. The summed E-state index contributed by atoms with van der Waals surface area (Å²) in [5.74, 6) is -3.24. The lowest BCUT2D eigenvalue weighted by Gasteiger charge is -2.36. The fraction of sp³-hybridized carbons (Fsp3) is 0.639. The highest BCUT2D eigenvalue weighted by Gasteiger charge is 2.53. The summed E-state index contributed by atoms with van der Waals surface area (Å²) >= 11 is 3.39. The van der Waals surface area contributed by atoms with Gasteiger partial charge in [0.25, 0.3) is 5.91 Å². The van der Waals surface area contributed by atoms with Crippen molar-refractivity contribution in [1.29, 1.82) is 0 Å². The molecule has 4 rings (SSSR count). The average Bonchev–Trinajstić information content (AvgIpc) is 3.85. The van der Waals surface area contributed by atoms with Gasteiger partial charge in [0.1, 0.15) is 12.1 Å². The van der Waals surface area contributed by atoms with Crippen LogP contribution in [0.2, 0.25) is 0 Å². The van der Waals surface area contributed by atoms with Crippen LogP contribution in [0.1, 0.15) is 78.3 Å². The molecule has 3 aliphatic rings. The molecule has 4 atom stereocenters. The van der Waals surface area contributed by atoms with Crippen LogP contribution in [0, 0.1) is 17.3 Å². The second-order valence-electron chi connectivity index (χ2n) is 15.1. The number of Topliss-reactive ketones (excluding diaryl/α,β-unsaturated/α-hetero) is 1. The molecule has 1 aromatic carbocycles. The van der Waals surface area contributed by atoms with Crippen molar-refractivity contribution in [3.63, 3.8) is 0 Å². The van der Waals surface area contributed by atoms with Gasteiger partial charge in [-0.2, -0.15) is 0 Å². The average molecular weight is 762 g/mol. The summed E-state index contributed by atoms with van der Waals surface area (Å²) in [5.41, 5.74) is -0.405. The van der Waals surface area contributed by atoms with Crippen molar-refractivity contribution in [2.45, 2.75) is 95.0 Å². The number of benzene rings is 1.